The Morgan fingerprint density at radius 3 is 1.96 bits per heavy atom. The third-order valence-corrected chi connectivity index (χ3v) is 24.7. The average Bonchev–Trinajstić information content (AvgIpc) is 3.49. The molecule has 8 aliphatic rings. The standard InChI is InChI=1S/C74H105N3O12/c1-14-81-63-62(88-65-48(4)60(83-43-52-28-22-17-23-29-52)56(45-84-65)82-42-51-26-20-16-21-27-51)49(5)85-67(64(63)79-13)87-61-47(3)59(76-77-75)55(44-80-41-50-24-18-15-19-25-50)86-66(61)89-68(78)74-38-36-69(6,7)40-54(74)53-30-31-58-71(10)34-32-46(2)70(8,9)57(71)33-35-73(58,12)72(53,11)37-39-74/h15-30,46-49,54-67H,14,31-45H2,1-13H3/t46-,47?,48?,49+,54?,55-,56?,57-,58?,59?,60?,61?,62?,63?,64?,65-,66-,67-,71?,72+,73-,74?/m0/s1. The van der Waals surface area contributed by atoms with Crippen LogP contribution in [0.2, 0.25) is 0 Å². The van der Waals surface area contributed by atoms with E-state index in [1.807, 2.05) is 99.6 Å². The van der Waals surface area contributed by atoms with E-state index < -0.39 is 72.9 Å². The Bertz CT molecular complexity index is 2930. The molecule has 0 N–H and O–H groups in total. The van der Waals surface area contributed by atoms with E-state index in [1.165, 1.54) is 31.3 Å². The second-order valence-electron chi connectivity index (χ2n) is 30.3. The van der Waals surface area contributed by atoms with Gasteiger partial charge in [0.2, 0.25) is 6.29 Å². The van der Waals surface area contributed by atoms with Gasteiger partial charge in [0.15, 0.2) is 12.6 Å². The summed E-state index contributed by atoms with van der Waals surface area (Å²) in [5.74, 6) is 0.839. The highest BCUT2D eigenvalue weighted by Crippen LogP contribution is 2.76. The Hall–Kier alpha value is -4.22. The normalized spacial score (nSPS) is 41.5. The van der Waals surface area contributed by atoms with E-state index in [0.717, 1.165) is 48.8 Å². The van der Waals surface area contributed by atoms with Crippen LogP contribution >= 0.6 is 0 Å². The maximum Gasteiger partial charge on any atom is 0.315 e. The molecule has 0 amide bonds. The van der Waals surface area contributed by atoms with Gasteiger partial charge in [-0.1, -0.05) is 177 Å². The van der Waals surface area contributed by atoms with E-state index in [9.17, 15) is 5.53 Å². The molecule has 3 aromatic carbocycles. The molecule has 7 fully saturated rings. The van der Waals surface area contributed by atoms with E-state index in [4.69, 9.17) is 52.1 Å². The van der Waals surface area contributed by atoms with Crippen molar-refractivity contribution in [2.24, 2.45) is 73.1 Å². The van der Waals surface area contributed by atoms with E-state index >= 15 is 4.79 Å². The van der Waals surface area contributed by atoms with Crippen LogP contribution in [0.5, 0.6) is 0 Å². The predicted octanol–water partition coefficient (Wildman–Crippen LogP) is 15.3. The number of hydrogen-bond donors (Lipinski definition) is 0. The quantitative estimate of drug-likeness (QED) is 0.0346. The third-order valence-electron chi connectivity index (χ3n) is 24.7. The van der Waals surface area contributed by atoms with Gasteiger partial charge >= 0.3 is 5.97 Å². The molecular weight excluding hydrogens is 1120 g/mol. The highest BCUT2D eigenvalue weighted by Gasteiger charge is 2.70. The van der Waals surface area contributed by atoms with Gasteiger partial charge in [-0.15, -0.1) is 0 Å². The van der Waals surface area contributed by atoms with Crippen molar-refractivity contribution in [2.75, 3.05) is 26.9 Å². The molecule has 22 atom stereocenters. The summed E-state index contributed by atoms with van der Waals surface area (Å²) in [6.45, 7) is 29.9. The van der Waals surface area contributed by atoms with Crippen molar-refractivity contribution < 1.29 is 56.9 Å². The maximum absolute atomic E-state index is 16.2. The SMILES string of the molecule is CCOC1C(OC)[C@H](OC2C(C)C(N=[N+]=[N-])[C@H](COCc3ccccc3)O[C@H]2OC(=O)C23CCC(C)(C)CC2C2=CCC4C5(C)CC[C@H](C)C(C)(C)[C@@H]5CC[C@]4(C)[C@]2(C)CC3)O[C@H](C)C1O[C@@H]1OCC(OCc2ccccc2)C(OCc2ccccc2)C1C. The molecule has 3 heterocycles. The van der Waals surface area contributed by atoms with Crippen molar-refractivity contribution in [1.82, 2.24) is 0 Å². The van der Waals surface area contributed by atoms with Gasteiger partial charge in [-0.3, -0.25) is 4.79 Å². The Morgan fingerprint density at radius 1 is 0.663 bits per heavy atom. The molecule has 0 spiro atoms. The molecule has 0 bridgehead atoms. The lowest BCUT2D eigenvalue weighted by Crippen LogP contribution is -2.65. The number of methoxy groups -OCH3 is 1. The van der Waals surface area contributed by atoms with Crippen molar-refractivity contribution >= 4 is 5.97 Å². The molecule has 0 radical (unpaired) electrons. The van der Waals surface area contributed by atoms with E-state index in [2.05, 4.69) is 90.5 Å². The molecule has 3 aliphatic heterocycles. The molecular formula is C74H105N3O12. The number of hydrogen-bond acceptors (Lipinski definition) is 13. The summed E-state index contributed by atoms with van der Waals surface area (Å²) in [5.41, 5.74) is 14.6. The fraction of sp³-hybridized carbons (Fsp3) is 0.716. The number of azide groups is 1. The molecule has 4 saturated carbocycles. The molecule has 3 saturated heterocycles. The minimum absolute atomic E-state index is 0.0107. The summed E-state index contributed by atoms with van der Waals surface area (Å²) in [6, 6.07) is 29.4. The number of carbonyl (C=O) groups excluding carboxylic acids is 1. The first kappa shape index (κ1) is 66.2. The smallest absolute Gasteiger partial charge is 0.315 e. The summed E-state index contributed by atoms with van der Waals surface area (Å²) < 4.78 is 74.7. The topological polar surface area (TPSA) is 167 Å². The lowest BCUT2D eigenvalue weighted by molar-refractivity contribution is -0.370. The first-order valence-electron chi connectivity index (χ1n) is 33.9. The lowest BCUT2D eigenvalue weighted by atomic mass is 9.33. The molecule has 13 unspecified atom stereocenters. The van der Waals surface area contributed by atoms with Gasteiger partial charge in [-0.05, 0) is 157 Å². The second-order valence-corrected chi connectivity index (χ2v) is 30.3. The van der Waals surface area contributed by atoms with Crippen molar-refractivity contribution in [3.63, 3.8) is 0 Å². The van der Waals surface area contributed by atoms with Crippen LogP contribution in [-0.4, -0.2) is 107 Å². The number of rotatable bonds is 20. The van der Waals surface area contributed by atoms with Gasteiger partial charge in [-0.25, -0.2) is 0 Å². The van der Waals surface area contributed by atoms with Gasteiger partial charge in [0.25, 0.3) is 0 Å². The number of benzene rings is 3. The predicted molar refractivity (Wildman–Crippen MR) is 340 cm³/mol. The van der Waals surface area contributed by atoms with Gasteiger partial charge in [0, 0.05) is 24.5 Å². The third kappa shape index (κ3) is 12.7. The first-order chi connectivity index (χ1) is 42.6. The summed E-state index contributed by atoms with van der Waals surface area (Å²) in [5, 5.41) is 4.38. The maximum atomic E-state index is 16.2. The Labute approximate surface area is 531 Å². The number of esters is 1. The summed E-state index contributed by atoms with van der Waals surface area (Å²) in [4.78, 5) is 19.5. The largest absolute Gasteiger partial charge is 0.432 e. The van der Waals surface area contributed by atoms with Crippen molar-refractivity contribution in [3.05, 3.63) is 130 Å². The summed E-state index contributed by atoms with van der Waals surface area (Å²) in [6.07, 6.45) is 4.39. The van der Waals surface area contributed by atoms with Crippen LogP contribution in [0.15, 0.2) is 108 Å². The molecule has 15 heteroatoms. The van der Waals surface area contributed by atoms with Crippen LogP contribution in [0.3, 0.4) is 0 Å². The molecule has 89 heavy (non-hydrogen) atoms. The van der Waals surface area contributed by atoms with Crippen LogP contribution in [0.25, 0.3) is 10.4 Å². The molecule has 11 rings (SSSR count). The van der Waals surface area contributed by atoms with Gasteiger partial charge in [0.1, 0.15) is 30.5 Å². The van der Waals surface area contributed by atoms with E-state index in [1.54, 1.807) is 7.11 Å². The van der Waals surface area contributed by atoms with E-state index in [-0.39, 0.29) is 70.3 Å². The van der Waals surface area contributed by atoms with Crippen molar-refractivity contribution in [3.8, 4) is 0 Å². The lowest BCUT2D eigenvalue weighted by Gasteiger charge is -2.71. The van der Waals surface area contributed by atoms with Gasteiger partial charge in [0.05, 0.1) is 62.8 Å². The Morgan fingerprint density at radius 2 is 1.30 bits per heavy atom. The highest BCUT2D eigenvalue weighted by atomic mass is 16.8. The molecule has 0 aromatic heterocycles. The number of ether oxygens (including phenoxy) is 11. The van der Waals surface area contributed by atoms with Gasteiger partial charge < -0.3 is 52.1 Å². The zero-order chi connectivity index (χ0) is 63.1. The van der Waals surface area contributed by atoms with Gasteiger partial charge in [-0.2, -0.15) is 0 Å². The van der Waals surface area contributed by atoms with E-state index in [0.29, 0.717) is 50.6 Å². The molecule has 3 aromatic rings. The summed E-state index contributed by atoms with van der Waals surface area (Å²) >= 11 is 0. The minimum atomic E-state index is -1.24. The van der Waals surface area contributed by atoms with Crippen LogP contribution in [0.4, 0.5) is 0 Å². The monoisotopic (exact) mass is 1230 g/mol. The number of carbonyl (C=O) groups is 1. The van der Waals surface area contributed by atoms with Crippen LogP contribution < -0.4 is 0 Å². The molecule has 488 valence electrons. The van der Waals surface area contributed by atoms with Crippen molar-refractivity contribution in [1.29, 1.82) is 0 Å². The van der Waals surface area contributed by atoms with Crippen molar-refractivity contribution in [2.45, 2.75) is 241 Å². The van der Waals surface area contributed by atoms with Crippen LogP contribution in [0, 0.1) is 68.0 Å². The fourth-order valence-electron chi connectivity index (χ4n) is 18.9. The highest BCUT2D eigenvalue weighted by molar-refractivity contribution is 5.79. The van der Waals surface area contributed by atoms with Crippen LogP contribution in [-0.2, 0) is 76.7 Å². The summed E-state index contributed by atoms with van der Waals surface area (Å²) in [7, 11) is 1.61. The zero-order valence-corrected chi connectivity index (χ0v) is 55.7. The Kier molecular flexibility index (Phi) is 20.1. The molecule has 5 aliphatic carbocycles. The number of allylic oxidation sites excluding steroid dienone is 2. The average molecular weight is 1230 g/mol. The van der Waals surface area contributed by atoms with Crippen LogP contribution in [0.1, 0.15) is 164 Å². The number of fused-ring (bicyclic) bond motifs is 7. The fourth-order valence-corrected chi connectivity index (χ4v) is 18.9. The Balaban J connectivity index is 0.869. The minimum Gasteiger partial charge on any atom is -0.432 e. The number of nitrogens with zero attached hydrogens (tertiary/aromatic N) is 3. The first-order valence-corrected chi connectivity index (χ1v) is 33.9. The molecule has 15 nitrogen and oxygen atoms in total. The second kappa shape index (κ2) is 27.0. The zero-order valence-electron chi connectivity index (χ0n) is 55.7.